The third-order valence-corrected chi connectivity index (χ3v) is 6.76. The Morgan fingerprint density at radius 3 is 2.52 bits per heavy atom. The van der Waals surface area contributed by atoms with Crippen molar-refractivity contribution >= 4 is 15.9 Å². The summed E-state index contributed by atoms with van der Waals surface area (Å²) in [5.41, 5.74) is 1.90. The lowest BCUT2D eigenvalue weighted by Crippen LogP contribution is -2.37. The number of fused-ring (bicyclic) bond motifs is 1. The number of aliphatic hydroxyl groups is 1. The van der Waals surface area contributed by atoms with Crippen molar-refractivity contribution in [3.63, 3.8) is 0 Å². The number of nitrogens with zero attached hydrogens (tertiary/aromatic N) is 1. The molecule has 31 heavy (non-hydrogen) atoms. The van der Waals surface area contributed by atoms with E-state index in [1.807, 2.05) is 13.0 Å². The monoisotopic (exact) mass is 450 g/mol. The molecular weight excluding hydrogens is 419 g/mol. The molecule has 0 saturated carbocycles. The van der Waals surface area contributed by atoms with Crippen molar-refractivity contribution in [1.82, 2.24) is 4.72 Å². The number of nitrogens with one attached hydrogen (secondary N) is 1. The zero-order valence-electron chi connectivity index (χ0n) is 18.5. The van der Waals surface area contributed by atoms with Gasteiger partial charge in [0, 0.05) is 24.6 Å². The Balaban J connectivity index is 1.76. The second-order valence-electron chi connectivity index (χ2n) is 8.68. The molecule has 8 heteroatoms. The Kier molecular flexibility index (Phi) is 6.81. The van der Waals surface area contributed by atoms with Crippen LogP contribution in [-0.2, 0) is 16.4 Å². The second kappa shape index (κ2) is 9.04. The minimum Gasteiger partial charge on any atom is -0.440 e. The van der Waals surface area contributed by atoms with Crippen molar-refractivity contribution in [2.75, 3.05) is 17.7 Å². The summed E-state index contributed by atoms with van der Waals surface area (Å²) < 4.78 is 47.4. The largest absolute Gasteiger partial charge is 0.440 e. The van der Waals surface area contributed by atoms with E-state index < -0.39 is 15.6 Å². The van der Waals surface area contributed by atoms with E-state index in [1.165, 1.54) is 12.1 Å². The summed E-state index contributed by atoms with van der Waals surface area (Å²) in [6.07, 6.45) is 2.92. The molecule has 0 fully saturated rings. The van der Waals surface area contributed by atoms with Crippen molar-refractivity contribution in [2.24, 2.45) is 0 Å². The first kappa shape index (κ1) is 23.3. The maximum atomic E-state index is 13.2. The van der Waals surface area contributed by atoms with Gasteiger partial charge in [-0.05, 0) is 75.4 Å². The minimum absolute atomic E-state index is 0.0107. The quantitative estimate of drug-likeness (QED) is 0.547. The van der Waals surface area contributed by atoms with E-state index >= 15 is 0 Å². The Hall–Kier alpha value is -2.32. The third kappa shape index (κ3) is 5.89. The van der Waals surface area contributed by atoms with Crippen LogP contribution in [0.5, 0.6) is 0 Å². The van der Waals surface area contributed by atoms with Gasteiger partial charge in [0.1, 0.15) is 17.4 Å². The predicted octanol–water partition coefficient (Wildman–Crippen LogP) is 4.56. The van der Waals surface area contributed by atoms with Crippen LogP contribution >= 0.6 is 0 Å². The van der Waals surface area contributed by atoms with Crippen molar-refractivity contribution in [2.45, 2.75) is 58.5 Å². The van der Waals surface area contributed by atoms with Crippen molar-refractivity contribution in [3.05, 3.63) is 53.1 Å². The first-order valence-corrected chi connectivity index (χ1v) is 12.2. The topological polar surface area (TPSA) is 82.8 Å². The molecule has 2 aromatic rings. The first-order chi connectivity index (χ1) is 14.5. The van der Waals surface area contributed by atoms with Crippen LogP contribution < -0.4 is 9.62 Å². The number of rotatable bonds is 9. The van der Waals surface area contributed by atoms with Gasteiger partial charge in [0.15, 0.2) is 0 Å². The van der Waals surface area contributed by atoms with E-state index in [4.69, 9.17) is 4.42 Å². The molecule has 0 aliphatic carbocycles. The summed E-state index contributed by atoms with van der Waals surface area (Å²) in [5, 5.41) is 9.79. The molecule has 170 valence electrons. The highest BCUT2D eigenvalue weighted by molar-refractivity contribution is 7.89. The summed E-state index contributed by atoms with van der Waals surface area (Å²) in [6, 6.07) is 8.01. The molecule has 0 bridgehead atoms. The van der Waals surface area contributed by atoms with E-state index in [2.05, 4.69) is 4.72 Å². The average Bonchev–Trinajstić information content (AvgIpc) is 3.11. The fourth-order valence-electron chi connectivity index (χ4n) is 3.72. The van der Waals surface area contributed by atoms with E-state index in [0.29, 0.717) is 49.6 Å². The first-order valence-electron chi connectivity index (χ1n) is 10.6. The number of hydrogen-bond donors (Lipinski definition) is 2. The zero-order valence-corrected chi connectivity index (χ0v) is 19.4. The molecule has 1 aromatic heterocycles. The van der Waals surface area contributed by atoms with E-state index in [-0.39, 0.29) is 11.6 Å². The van der Waals surface area contributed by atoms with Crippen LogP contribution in [0.2, 0.25) is 0 Å². The van der Waals surface area contributed by atoms with Gasteiger partial charge in [-0.1, -0.05) is 6.92 Å². The predicted molar refractivity (Wildman–Crippen MR) is 121 cm³/mol. The van der Waals surface area contributed by atoms with Crippen molar-refractivity contribution < 1.29 is 22.3 Å². The van der Waals surface area contributed by atoms with Crippen LogP contribution in [0.25, 0.3) is 11.3 Å². The van der Waals surface area contributed by atoms with Crippen LogP contribution in [-0.4, -0.2) is 31.9 Å². The van der Waals surface area contributed by atoms with Gasteiger partial charge in [-0.3, -0.25) is 4.72 Å². The number of halogens is 1. The van der Waals surface area contributed by atoms with Gasteiger partial charge in [0.2, 0.25) is 15.9 Å². The van der Waals surface area contributed by atoms with Gasteiger partial charge < -0.3 is 14.4 Å². The average molecular weight is 451 g/mol. The molecular formula is C23H31FN2O4S. The Bertz CT molecular complexity index is 1050. The molecule has 0 amide bonds. The number of unbranched alkanes of at least 4 members (excludes halogenated alkanes) is 1. The molecule has 0 spiro atoms. The molecule has 1 aromatic carbocycles. The molecule has 0 saturated heterocycles. The summed E-state index contributed by atoms with van der Waals surface area (Å²) in [4.78, 5) is 1.74. The molecule has 1 aliphatic heterocycles. The third-order valence-electron chi connectivity index (χ3n) is 5.42. The van der Waals surface area contributed by atoms with Crippen LogP contribution in [0.3, 0.4) is 0 Å². The van der Waals surface area contributed by atoms with Gasteiger partial charge in [-0.25, -0.2) is 12.8 Å². The lowest BCUT2D eigenvalue weighted by Gasteiger charge is -2.29. The number of sulfonamides is 1. The van der Waals surface area contributed by atoms with E-state index in [1.54, 1.807) is 37.9 Å². The minimum atomic E-state index is -3.54. The van der Waals surface area contributed by atoms with Gasteiger partial charge in [0.05, 0.1) is 11.4 Å². The van der Waals surface area contributed by atoms with Crippen LogP contribution in [0.15, 0.2) is 46.1 Å². The summed E-state index contributed by atoms with van der Waals surface area (Å²) in [6.45, 7) is 5.43. The van der Waals surface area contributed by atoms with Crippen molar-refractivity contribution in [1.29, 1.82) is 0 Å². The van der Waals surface area contributed by atoms with Crippen LogP contribution in [0, 0.1) is 5.82 Å². The standard InChI is InChI=1S/C23H31FN2O4S/c1-5-16-14-18-15-20(17-8-10-19(24)11-9-17)30-22(18)26(4)21(16)25-31(28,29)13-7-6-12-23(2,3)27/h8-11,15,25,27H,5-7,12-14H2,1-4H3. The highest BCUT2D eigenvalue weighted by atomic mass is 32.2. The number of benzene rings is 1. The van der Waals surface area contributed by atoms with Gasteiger partial charge in [-0.15, -0.1) is 0 Å². The number of anilines is 1. The summed E-state index contributed by atoms with van der Waals surface area (Å²) in [7, 11) is -1.77. The maximum absolute atomic E-state index is 13.2. The van der Waals surface area contributed by atoms with Gasteiger partial charge in [0.25, 0.3) is 0 Å². The zero-order chi connectivity index (χ0) is 22.8. The molecule has 2 heterocycles. The Morgan fingerprint density at radius 2 is 1.90 bits per heavy atom. The lowest BCUT2D eigenvalue weighted by atomic mass is 10.0. The van der Waals surface area contributed by atoms with Crippen molar-refractivity contribution in [3.8, 4) is 11.3 Å². The molecule has 0 radical (unpaired) electrons. The highest BCUT2D eigenvalue weighted by Crippen LogP contribution is 2.38. The molecule has 1 aliphatic rings. The smallest absolute Gasteiger partial charge is 0.233 e. The van der Waals surface area contributed by atoms with E-state index in [0.717, 1.165) is 16.7 Å². The van der Waals surface area contributed by atoms with E-state index in [9.17, 15) is 17.9 Å². The molecule has 0 atom stereocenters. The lowest BCUT2D eigenvalue weighted by molar-refractivity contribution is 0.0686. The normalized spacial score (nSPS) is 14.7. The second-order valence-corrected chi connectivity index (χ2v) is 10.5. The van der Waals surface area contributed by atoms with Crippen LogP contribution in [0.4, 0.5) is 10.3 Å². The molecule has 0 unspecified atom stereocenters. The van der Waals surface area contributed by atoms with Gasteiger partial charge >= 0.3 is 0 Å². The fourth-order valence-corrected chi connectivity index (χ4v) is 4.98. The molecule has 3 rings (SSSR count). The summed E-state index contributed by atoms with van der Waals surface area (Å²) >= 11 is 0. The molecule has 2 N–H and O–H groups in total. The van der Waals surface area contributed by atoms with Crippen LogP contribution in [0.1, 0.15) is 52.0 Å². The Morgan fingerprint density at radius 1 is 1.23 bits per heavy atom. The Labute approximate surface area is 183 Å². The number of furan rings is 1. The molecule has 6 nitrogen and oxygen atoms in total. The maximum Gasteiger partial charge on any atom is 0.233 e. The number of allylic oxidation sites excluding steroid dienone is 1. The fraction of sp³-hybridized carbons (Fsp3) is 0.478. The number of hydrogen-bond acceptors (Lipinski definition) is 5. The SMILES string of the molecule is CCC1=C(NS(=O)(=O)CCCCC(C)(C)O)N(C)c2oc(-c3ccc(F)cc3)cc2C1. The summed E-state index contributed by atoms with van der Waals surface area (Å²) in [5.74, 6) is 1.40. The highest BCUT2D eigenvalue weighted by Gasteiger charge is 2.29. The van der Waals surface area contributed by atoms with Gasteiger partial charge in [-0.2, -0.15) is 0 Å².